The van der Waals surface area contributed by atoms with Crippen molar-refractivity contribution in [2.45, 2.75) is 71.5 Å². The Hall–Kier alpha value is -3.88. The molecule has 13 nitrogen and oxygen atoms in total. The Labute approximate surface area is 255 Å². The van der Waals surface area contributed by atoms with Gasteiger partial charge in [0.1, 0.15) is 23.9 Å². The number of amides is 4. The van der Waals surface area contributed by atoms with Gasteiger partial charge in [-0.1, -0.05) is 33.8 Å². The van der Waals surface area contributed by atoms with E-state index in [1.807, 2.05) is 13.8 Å². The van der Waals surface area contributed by atoms with Gasteiger partial charge in [0, 0.05) is 18.7 Å². The summed E-state index contributed by atoms with van der Waals surface area (Å²) in [5, 5.41) is 28.0. The van der Waals surface area contributed by atoms with Crippen molar-refractivity contribution in [2.75, 3.05) is 18.9 Å². The monoisotopic (exact) mass is 628 g/mol. The van der Waals surface area contributed by atoms with Crippen molar-refractivity contribution in [3.63, 3.8) is 0 Å². The number of rotatable bonds is 18. The fourth-order valence-corrected chi connectivity index (χ4v) is 3.99. The number of halogens is 1. The maximum Gasteiger partial charge on any atom is 0.407 e. The molecule has 0 bridgehead atoms. The highest BCUT2D eigenvalue weighted by Gasteiger charge is 2.30. The number of aliphatic carboxylic acids is 1. The first-order valence-corrected chi connectivity index (χ1v) is 14.4. The molecular weight excluding hydrogens is 587 g/mol. The quantitative estimate of drug-likeness (QED) is 0.118. The van der Waals surface area contributed by atoms with Gasteiger partial charge in [0.05, 0.1) is 12.2 Å². The molecule has 1 rings (SSSR count). The Kier molecular flexibility index (Phi) is 16.1. The molecule has 0 aliphatic rings. The van der Waals surface area contributed by atoms with E-state index in [1.165, 1.54) is 12.1 Å². The number of thiol groups is 1. The third-order valence-corrected chi connectivity index (χ3v) is 6.32. The van der Waals surface area contributed by atoms with Crippen LogP contribution in [0.5, 0.6) is 0 Å². The zero-order chi connectivity index (χ0) is 32.7. The fourth-order valence-electron chi connectivity index (χ4n) is 3.73. The van der Waals surface area contributed by atoms with Gasteiger partial charge in [0.2, 0.25) is 17.7 Å². The third kappa shape index (κ3) is 14.2. The summed E-state index contributed by atoms with van der Waals surface area (Å²) in [5.41, 5.74) is -0.0168. The van der Waals surface area contributed by atoms with Crippen molar-refractivity contribution in [3.8, 4) is 0 Å². The van der Waals surface area contributed by atoms with Crippen LogP contribution < -0.4 is 21.3 Å². The van der Waals surface area contributed by atoms with Gasteiger partial charge in [0.15, 0.2) is 0 Å². The van der Waals surface area contributed by atoms with Crippen molar-refractivity contribution < 1.29 is 48.1 Å². The van der Waals surface area contributed by atoms with Crippen molar-refractivity contribution in [3.05, 3.63) is 35.1 Å². The van der Waals surface area contributed by atoms with E-state index in [-0.39, 0.29) is 61.1 Å². The van der Waals surface area contributed by atoms with Crippen LogP contribution in [0.4, 0.5) is 9.18 Å². The minimum absolute atomic E-state index is 0.0156. The average Bonchev–Trinajstić information content (AvgIpc) is 2.92. The summed E-state index contributed by atoms with van der Waals surface area (Å²) >= 11 is 4.13. The minimum atomic E-state index is -1.30. The van der Waals surface area contributed by atoms with E-state index in [0.717, 1.165) is 6.07 Å². The summed E-state index contributed by atoms with van der Waals surface area (Å²) in [6, 6.07) is -0.106. The number of carboxylic acids is 2. The lowest BCUT2D eigenvalue weighted by Gasteiger charge is -2.25. The van der Waals surface area contributed by atoms with Crippen LogP contribution in [0.25, 0.3) is 0 Å². The maximum absolute atomic E-state index is 14.2. The van der Waals surface area contributed by atoms with E-state index in [4.69, 9.17) is 14.9 Å². The van der Waals surface area contributed by atoms with Gasteiger partial charge in [-0.25, -0.2) is 14.0 Å². The lowest BCUT2D eigenvalue weighted by molar-refractivity contribution is -0.137. The smallest absolute Gasteiger partial charge is 0.407 e. The second-order valence-electron chi connectivity index (χ2n) is 10.7. The Morgan fingerprint density at radius 1 is 0.884 bits per heavy atom. The van der Waals surface area contributed by atoms with Crippen molar-refractivity contribution in [1.29, 1.82) is 0 Å². The Bertz CT molecular complexity index is 1150. The average molecular weight is 629 g/mol. The molecule has 0 heterocycles. The van der Waals surface area contributed by atoms with Crippen LogP contribution in [0.2, 0.25) is 0 Å². The molecule has 15 heteroatoms. The van der Waals surface area contributed by atoms with Gasteiger partial charge < -0.3 is 36.2 Å². The van der Waals surface area contributed by atoms with Gasteiger partial charge in [0.25, 0.3) is 0 Å². The number of hydrogen-bond donors (Lipinski definition) is 7. The zero-order valence-electron chi connectivity index (χ0n) is 24.6. The predicted molar refractivity (Wildman–Crippen MR) is 157 cm³/mol. The highest BCUT2D eigenvalue weighted by atomic mass is 32.1. The molecule has 43 heavy (non-hydrogen) atoms. The highest BCUT2D eigenvalue weighted by molar-refractivity contribution is 7.80. The van der Waals surface area contributed by atoms with E-state index < -0.39 is 66.1 Å². The summed E-state index contributed by atoms with van der Waals surface area (Å²) < 4.78 is 19.2. The van der Waals surface area contributed by atoms with Crippen LogP contribution in [-0.2, 0) is 30.3 Å². The van der Waals surface area contributed by atoms with Crippen molar-refractivity contribution >= 4 is 48.4 Å². The number of carbonyl (C=O) groups excluding carboxylic acids is 4. The molecule has 0 aromatic heterocycles. The molecule has 0 saturated carbocycles. The molecule has 240 valence electrons. The number of benzene rings is 1. The van der Waals surface area contributed by atoms with Crippen LogP contribution in [-0.4, -0.2) is 83.0 Å². The Morgan fingerprint density at radius 3 is 2.05 bits per heavy atom. The predicted octanol–water partition coefficient (Wildman–Crippen LogP) is 1.74. The molecule has 0 aliphatic heterocycles. The number of hydrogen-bond acceptors (Lipinski definition) is 8. The van der Waals surface area contributed by atoms with E-state index in [9.17, 15) is 33.2 Å². The van der Waals surface area contributed by atoms with Crippen LogP contribution >= 0.6 is 12.6 Å². The standard InChI is InChI=1S/C28H41FN4O9S/c1-15(2)11-21(31-25(37)20(7-8-23(34)35)33-28(41)42-13-16(3)4)26(38)32-22(14-43)24(36)30-10-9-17-5-6-18(27(39)40)12-19(17)29/h5-6,12,15-16,20-22,43H,7-11,13-14H2,1-4H3,(H,30,36)(H,31,37)(H,32,38)(H,33,41)(H,34,35)(H,39,40)/t20-,21-,22-/m0/s1. The van der Waals surface area contributed by atoms with Crippen LogP contribution in [0.15, 0.2) is 18.2 Å². The molecule has 0 saturated heterocycles. The molecule has 0 aliphatic carbocycles. The molecule has 1 aromatic rings. The first-order chi connectivity index (χ1) is 20.1. The van der Waals surface area contributed by atoms with Crippen LogP contribution in [0.3, 0.4) is 0 Å². The number of aromatic carboxylic acids is 1. The molecule has 0 spiro atoms. The van der Waals surface area contributed by atoms with Gasteiger partial charge in [-0.15, -0.1) is 0 Å². The number of nitrogens with one attached hydrogen (secondary N) is 4. The summed E-state index contributed by atoms with van der Waals surface area (Å²) in [4.78, 5) is 73.2. The summed E-state index contributed by atoms with van der Waals surface area (Å²) in [6.45, 7) is 7.31. The van der Waals surface area contributed by atoms with Gasteiger partial charge in [-0.3, -0.25) is 19.2 Å². The largest absolute Gasteiger partial charge is 0.481 e. The SMILES string of the molecule is CC(C)COC(=O)N[C@@H](CCC(=O)O)C(=O)N[C@@H](CC(C)C)C(=O)N[C@@H](CS)C(=O)NCCc1ccc(C(=O)O)cc1F. The normalized spacial score (nSPS) is 13.0. The second-order valence-corrected chi connectivity index (χ2v) is 11.1. The topological polar surface area (TPSA) is 200 Å². The van der Waals surface area contributed by atoms with Gasteiger partial charge >= 0.3 is 18.0 Å². The van der Waals surface area contributed by atoms with Crippen molar-refractivity contribution in [2.24, 2.45) is 11.8 Å². The second kappa shape index (κ2) is 18.6. The molecule has 0 unspecified atom stereocenters. The van der Waals surface area contributed by atoms with Crippen molar-refractivity contribution in [1.82, 2.24) is 21.3 Å². The van der Waals surface area contributed by atoms with Crippen LogP contribution in [0, 0.1) is 17.7 Å². The molecular formula is C28H41FN4O9S. The van der Waals surface area contributed by atoms with E-state index in [0.29, 0.717) is 0 Å². The van der Waals surface area contributed by atoms with E-state index >= 15 is 0 Å². The molecule has 6 N–H and O–H groups in total. The highest BCUT2D eigenvalue weighted by Crippen LogP contribution is 2.12. The number of carbonyl (C=O) groups is 6. The Morgan fingerprint density at radius 2 is 1.51 bits per heavy atom. The lowest BCUT2D eigenvalue weighted by atomic mass is 10.0. The molecule has 0 fully saturated rings. The van der Waals surface area contributed by atoms with E-state index in [2.05, 4.69) is 33.9 Å². The fraction of sp³-hybridized carbons (Fsp3) is 0.571. The van der Waals surface area contributed by atoms with E-state index in [1.54, 1.807) is 13.8 Å². The first-order valence-electron chi connectivity index (χ1n) is 13.8. The molecule has 0 radical (unpaired) electrons. The molecule has 4 amide bonds. The minimum Gasteiger partial charge on any atom is -0.481 e. The first kappa shape index (κ1) is 37.1. The number of carboxylic acid groups (broad SMARTS) is 2. The summed E-state index contributed by atoms with van der Waals surface area (Å²) in [6.07, 6.45) is -1.38. The lowest BCUT2D eigenvalue weighted by Crippen LogP contribution is -2.57. The molecule has 3 atom stereocenters. The number of ether oxygens (including phenoxy) is 1. The third-order valence-electron chi connectivity index (χ3n) is 5.95. The Balaban J connectivity index is 2.88. The molecule has 1 aromatic carbocycles. The number of alkyl carbamates (subject to hydrolysis) is 1. The van der Waals surface area contributed by atoms with Crippen LogP contribution in [0.1, 0.15) is 62.9 Å². The maximum atomic E-state index is 14.2. The van der Waals surface area contributed by atoms with Gasteiger partial charge in [-0.2, -0.15) is 12.6 Å². The zero-order valence-corrected chi connectivity index (χ0v) is 25.5. The summed E-state index contributed by atoms with van der Waals surface area (Å²) in [5.74, 6) is -5.46. The van der Waals surface area contributed by atoms with Gasteiger partial charge in [-0.05, 0) is 48.8 Å². The summed E-state index contributed by atoms with van der Waals surface area (Å²) in [7, 11) is 0.